The number of hydrogen-bond acceptors (Lipinski definition) is 4. The van der Waals surface area contributed by atoms with Crippen molar-refractivity contribution in [1.82, 2.24) is 5.43 Å². The molecule has 3 aromatic rings. The van der Waals surface area contributed by atoms with E-state index in [4.69, 9.17) is 0 Å². The normalized spacial score (nSPS) is 11.8. The van der Waals surface area contributed by atoms with Crippen molar-refractivity contribution in [3.63, 3.8) is 0 Å². The molecular weight excluding hydrogens is 532 g/mol. The maximum absolute atomic E-state index is 13.4. The van der Waals surface area contributed by atoms with Crippen molar-refractivity contribution >= 4 is 49.9 Å². The SMILES string of the molecule is C/C(=N/NC(=O)CN(c1ccc(F)cc1)S(=O)(=O)c1ccccc1)c1cccc(I)c1. The van der Waals surface area contributed by atoms with Crippen LogP contribution < -0.4 is 9.73 Å². The van der Waals surface area contributed by atoms with Gasteiger partial charge in [0.25, 0.3) is 15.9 Å². The lowest BCUT2D eigenvalue weighted by molar-refractivity contribution is -0.119. The predicted molar refractivity (Wildman–Crippen MR) is 127 cm³/mol. The molecule has 1 N–H and O–H groups in total. The largest absolute Gasteiger partial charge is 0.271 e. The minimum atomic E-state index is -4.06. The van der Waals surface area contributed by atoms with Gasteiger partial charge in [-0.25, -0.2) is 18.2 Å². The third-order valence-corrected chi connectivity index (χ3v) is 6.78. The van der Waals surface area contributed by atoms with Crippen molar-refractivity contribution < 1.29 is 17.6 Å². The van der Waals surface area contributed by atoms with Crippen molar-refractivity contribution in [3.05, 3.63) is 93.8 Å². The van der Waals surface area contributed by atoms with Crippen molar-refractivity contribution in [1.29, 1.82) is 0 Å². The molecule has 0 saturated heterocycles. The minimum Gasteiger partial charge on any atom is -0.271 e. The average molecular weight is 551 g/mol. The molecule has 0 radical (unpaired) electrons. The highest BCUT2D eigenvalue weighted by atomic mass is 127. The van der Waals surface area contributed by atoms with Crippen molar-refractivity contribution in [2.45, 2.75) is 11.8 Å². The molecule has 6 nitrogen and oxygen atoms in total. The molecule has 0 aliphatic rings. The number of hydrogen-bond donors (Lipinski definition) is 1. The number of nitrogens with one attached hydrogen (secondary N) is 1. The minimum absolute atomic E-state index is 0.0191. The van der Waals surface area contributed by atoms with Crippen molar-refractivity contribution in [3.8, 4) is 0 Å². The molecule has 0 bridgehead atoms. The second kappa shape index (κ2) is 10.0. The number of halogens is 2. The van der Waals surface area contributed by atoms with Crippen LogP contribution in [0.25, 0.3) is 0 Å². The number of amides is 1. The Kier molecular flexibility index (Phi) is 7.39. The summed E-state index contributed by atoms with van der Waals surface area (Å²) in [6.45, 7) is 1.22. The first-order chi connectivity index (χ1) is 14.8. The van der Waals surface area contributed by atoms with Gasteiger partial charge in [0.15, 0.2) is 0 Å². The number of nitrogens with zero attached hydrogens (tertiary/aromatic N) is 2. The molecule has 0 heterocycles. The van der Waals surface area contributed by atoms with Gasteiger partial charge in [0.1, 0.15) is 12.4 Å². The topological polar surface area (TPSA) is 78.8 Å². The highest BCUT2D eigenvalue weighted by molar-refractivity contribution is 14.1. The van der Waals surface area contributed by atoms with E-state index < -0.39 is 28.3 Å². The van der Waals surface area contributed by atoms with Crippen LogP contribution >= 0.6 is 22.6 Å². The summed E-state index contributed by atoms with van der Waals surface area (Å²) in [5.41, 5.74) is 3.98. The van der Waals surface area contributed by atoms with E-state index in [2.05, 4.69) is 33.1 Å². The molecule has 1 amide bonds. The number of benzene rings is 3. The molecule has 0 fully saturated rings. The Morgan fingerprint density at radius 2 is 1.71 bits per heavy atom. The Morgan fingerprint density at radius 3 is 2.35 bits per heavy atom. The number of carbonyl (C=O) groups excluding carboxylic acids is 1. The van der Waals surface area contributed by atoms with Crippen LogP contribution in [0.3, 0.4) is 0 Å². The van der Waals surface area contributed by atoms with E-state index in [1.807, 2.05) is 24.3 Å². The maximum Gasteiger partial charge on any atom is 0.264 e. The predicted octanol–water partition coefficient (Wildman–Crippen LogP) is 4.17. The number of anilines is 1. The Morgan fingerprint density at radius 1 is 1.03 bits per heavy atom. The molecule has 160 valence electrons. The Bertz CT molecular complexity index is 1200. The fourth-order valence-corrected chi connectivity index (χ4v) is 4.72. The molecule has 0 saturated carbocycles. The first-order valence-corrected chi connectivity index (χ1v) is 11.7. The summed E-state index contributed by atoms with van der Waals surface area (Å²) in [6.07, 6.45) is 0. The van der Waals surface area contributed by atoms with Gasteiger partial charge in [0, 0.05) is 3.57 Å². The molecular formula is C22H19FIN3O3S. The maximum atomic E-state index is 13.4. The lowest BCUT2D eigenvalue weighted by atomic mass is 10.1. The van der Waals surface area contributed by atoms with Crippen LogP contribution in [0, 0.1) is 9.39 Å². The van der Waals surface area contributed by atoms with Gasteiger partial charge in [-0.05, 0) is 83.6 Å². The number of carbonyl (C=O) groups is 1. The fourth-order valence-electron chi connectivity index (χ4n) is 2.73. The molecule has 3 aromatic carbocycles. The van der Waals surface area contributed by atoms with Gasteiger partial charge in [-0.15, -0.1) is 0 Å². The van der Waals surface area contributed by atoms with Crippen LogP contribution in [0.15, 0.2) is 88.9 Å². The monoisotopic (exact) mass is 551 g/mol. The molecule has 31 heavy (non-hydrogen) atoms. The van der Waals surface area contributed by atoms with E-state index in [1.54, 1.807) is 25.1 Å². The molecule has 0 aromatic heterocycles. The summed E-state index contributed by atoms with van der Waals surface area (Å²) in [5, 5.41) is 4.08. The van der Waals surface area contributed by atoms with Gasteiger partial charge >= 0.3 is 0 Å². The number of sulfonamides is 1. The summed E-state index contributed by atoms with van der Waals surface area (Å²) in [7, 11) is -4.06. The lowest BCUT2D eigenvalue weighted by Gasteiger charge is -2.23. The average Bonchev–Trinajstić information content (AvgIpc) is 2.77. The summed E-state index contributed by atoms with van der Waals surface area (Å²) >= 11 is 2.18. The van der Waals surface area contributed by atoms with Crippen LogP contribution in [0.5, 0.6) is 0 Å². The molecule has 0 aliphatic carbocycles. The van der Waals surface area contributed by atoms with Gasteiger partial charge in [0.2, 0.25) is 0 Å². The Labute approximate surface area is 194 Å². The Balaban J connectivity index is 1.85. The molecule has 0 atom stereocenters. The molecule has 3 rings (SSSR count). The highest BCUT2D eigenvalue weighted by Gasteiger charge is 2.27. The summed E-state index contributed by atoms with van der Waals surface area (Å²) in [5.74, 6) is -1.14. The van der Waals surface area contributed by atoms with Crippen molar-refractivity contribution in [2.24, 2.45) is 5.10 Å². The smallest absolute Gasteiger partial charge is 0.264 e. The zero-order valence-electron chi connectivity index (χ0n) is 16.5. The molecule has 9 heteroatoms. The zero-order valence-corrected chi connectivity index (χ0v) is 19.5. The van der Waals surface area contributed by atoms with Gasteiger partial charge < -0.3 is 0 Å². The van der Waals surface area contributed by atoms with E-state index in [-0.39, 0.29) is 10.6 Å². The van der Waals surface area contributed by atoms with Crippen LogP contribution in [0.2, 0.25) is 0 Å². The standard InChI is InChI=1S/C22H19FIN3O3S/c1-16(17-6-5-7-19(24)14-17)25-26-22(28)15-27(20-12-10-18(23)11-13-20)31(29,30)21-8-3-2-4-9-21/h2-14H,15H2,1H3,(H,26,28)/b25-16-. The van der Waals surface area contributed by atoms with Gasteiger partial charge in [0.05, 0.1) is 16.3 Å². The van der Waals surface area contributed by atoms with Gasteiger partial charge in [-0.2, -0.15) is 5.10 Å². The van der Waals surface area contributed by atoms with Crippen LogP contribution in [0.4, 0.5) is 10.1 Å². The molecule has 0 spiro atoms. The number of hydrazone groups is 1. The number of rotatable bonds is 7. The fraction of sp³-hybridized carbons (Fsp3) is 0.0909. The zero-order chi connectivity index (χ0) is 22.4. The second-order valence-corrected chi connectivity index (χ2v) is 9.65. The Hall–Kier alpha value is -2.79. The quantitative estimate of drug-likeness (QED) is 0.272. The van der Waals surface area contributed by atoms with Gasteiger partial charge in [-0.3, -0.25) is 9.10 Å². The third kappa shape index (κ3) is 5.88. The van der Waals surface area contributed by atoms with E-state index in [0.717, 1.165) is 25.6 Å². The molecule has 0 aliphatic heterocycles. The first kappa shape index (κ1) is 22.9. The van der Waals surface area contributed by atoms with Crippen LogP contribution in [0.1, 0.15) is 12.5 Å². The third-order valence-electron chi connectivity index (χ3n) is 4.32. The van der Waals surface area contributed by atoms with E-state index in [1.165, 1.54) is 24.3 Å². The van der Waals surface area contributed by atoms with E-state index in [0.29, 0.717) is 5.71 Å². The summed E-state index contributed by atoms with van der Waals surface area (Å²) < 4.78 is 41.6. The van der Waals surface area contributed by atoms with E-state index >= 15 is 0 Å². The van der Waals surface area contributed by atoms with Crippen molar-refractivity contribution in [2.75, 3.05) is 10.8 Å². The first-order valence-electron chi connectivity index (χ1n) is 9.20. The highest BCUT2D eigenvalue weighted by Crippen LogP contribution is 2.23. The van der Waals surface area contributed by atoms with Crippen LogP contribution in [-0.2, 0) is 14.8 Å². The van der Waals surface area contributed by atoms with E-state index in [9.17, 15) is 17.6 Å². The lowest BCUT2D eigenvalue weighted by Crippen LogP contribution is -2.39. The van der Waals surface area contributed by atoms with Gasteiger partial charge in [-0.1, -0.05) is 30.3 Å². The summed E-state index contributed by atoms with van der Waals surface area (Å²) in [6, 6.07) is 20.2. The second-order valence-electron chi connectivity index (χ2n) is 6.54. The summed E-state index contributed by atoms with van der Waals surface area (Å²) in [4.78, 5) is 12.6. The molecule has 0 unspecified atom stereocenters. The van der Waals surface area contributed by atoms with Crippen LogP contribution in [-0.4, -0.2) is 26.6 Å².